The van der Waals surface area contributed by atoms with Crippen molar-refractivity contribution < 1.29 is 27.2 Å². The number of nitrogens with one attached hydrogen (secondary N) is 1. The van der Waals surface area contributed by atoms with Crippen molar-refractivity contribution in [2.75, 3.05) is 11.9 Å². The van der Waals surface area contributed by atoms with Crippen LogP contribution in [0.2, 0.25) is 0 Å². The van der Waals surface area contributed by atoms with Crippen molar-refractivity contribution in [2.45, 2.75) is 18.9 Å². The molecule has 0 radical (unpaired) electrons. The smallest absolute Gasteiger partial charge is 0.313 e. The molecule has 1 aromatic carbocycles. The number of likely N-dealkylation sites (tertiary alicyclic amines) is 1. The van der Waals surface area contributed by atoms with Gasteiger partial charge in [0.25, 0.3) is 0 Å². The van der Waals surface area contributed by atoms with E-state index in [1.165, 1.54) is 11.2 Å². The van der Waals surface area contributed by atoms with E-state index < -0.39 is 29.3 Å². The van der Waals surface area contributed by atoms with Crippen LogP contribution in [0.4, 0.5) is 18.9 Å². The molecule has 2 heterocycles. The summed E-state index contributed by atoms with van der Waals surface area (Å²) in [6.07, 6.45) is 2.82. The van der Waals surface area contributed by atoms with Gasteiger partial charge >= 0.3 is 11.8 Å². The van der Waals surface area contributed by atoms with Crippen LogP contribution in [0.3, 0.4) is 0 Å². The summed E-state index contributed by atoms with van der Waals surface area (Å²) < 4.78 is 44.5. The van der Waals surface area contributed by atoms with Crippen molar-refractivity contribution in [3.8, 4) is 0 Å². The average Bonchev–Trinajstić information content (AvgIpc) is 3.22. The van der Waals surface area contributed by atoms with Crippen LogP contribution < -0.4 is 5.32 Å². The number of carbonyl (C=O) groups is 2. The van der Waals surface area contributed by atoms with Gasteiger partial charge in [-0.3, -0.25) is 9.59 Å². The summed E-state index contributed by atoms with van der Waals surface area (Å²) >= 11 is 0. The van der Waals surface area contributed by atoms with E-state index >= 15 is 0 Å². The molecular weight excluding hydrogens is 325 g/mol. The maximum absolute atomic E-state index is 13.2. The molecule has 24 heavy (non-hydrogen) atoms. The van der Waals surface area contributed by atoms with Gasteiger partial charge in [0.15, 0.2) is 17.5 Å². The highest BCUT2D eigenvalue weighted by Crippen LogP contribution is 2.32. The summed E-state index contributed by atoms with van der Waals surface area (Å²) in [6, 6.07) is 4.24. The van der Waals surface area contributed by atoms with Crippen LogP contribution >= 0.6 is 0 Å². The number of nitrogens with zero attached hydrogens (tertiary/aromatic N) is 1. The van der Waals surface area contributed by atoms with E-state index in [0.717, 1.165) is 0 Å². The van der Waals surface area contributed by atoms with Gasteiger partial charge in [0.05, 0.1) is 12.3 Å². The molecule has 0 saturated carbocycles. The van der Waals surface area contributed by atoms with Gasteiger partial charge in [0.1, 0.15) is 5.76 Å². The van der Waals surface area contributed by atoms with Crippen molar-refractivity contribution in [2.24, 2.45) is 0 Å². The number of furan rings is 1. The minimum Gasteiger partial charge on any atom is -0.467 e. The molecule has 2 aromatic rings. The molecule has 0 unspecified atom stereocenters. The number of anilines is 1. The molecule has 1 saturated heterocycles. The molecule has 1 aromatic heterocycles. The van der Waals surface area contributed by atoms with E-state index in [4.69, 9.17) is 4.42 Å². The summed E-state index contributed by atoms with van der Waals surface area (Å²) in [5, 5.41) is 2.09. The summed E-state index contributed by atoms with van der Waals surface area (Å²) in [5.41, 5.74) is -0.335. The Bertz CT molecular complexity index is 754. The maximum Gasteiger partial charge on any atom is 0.313 e. The third-order valence-corrected chi connectivity index (χ3v) is 3.82. The molecule has 8 heteroatoms. The average molecular weight is 338 g/mol. The second-order valence-corrected chi connectivity index (χ2v) is 5.38. The number of benzene rings is 1. The van der Waals surface area contributed by atoms with Gasteiger partial charge in [-0.2, -0.15) is 0 Å². The molecule has 0 aliphatic carbocycles. The number of halogens is 3. The molecule has 5 nitrogen and oxygen atoms in total. The molecule has 1 N–H and O–H groups in total. The van der Waals surface area contributed by atoms with Gasteiger partial charge in [0.2, 0.25) is 0 Å². The summed E-state index contributed by atoms with van der Waals surface area (Å²) in [7, 11) is 0. The Morgan fingerprint density at radius 3 is 2.54 bits per heavy atom. The number of amides is 2. The zero-order chi connectivity index (χ0) is 17.3. The zero-order valence-corrected chi connectivity index (χ0v) is 12.4. The fraction of sp³-hybridized carbons (Fsp3) is 0.250. The van der Waals surface area contributed by atoms with E-state index in [1.807, 2.05) is 0 Å². The summed E-state index contributed by atoms with van der Waals surface area (Å²) in [5.74, 6) is -5.89. The number of hydrogen-bond acceptors (Lipinski definition) is 3. The Kier molecular flexibility index (Phi) is 4.28. The molecule has 0 bridgehead atoms. The second kappa shape index (κ2) is 6.38. The number of hydrogen-bond donors (Lipinski definition) is 1. The summed E-state index contributed by atoms with van der Waals surface area (Å²) in [4.78, 5) is 25.7. The lowest BCUT2D eigenvalue weighted by atomic mass is 10.1. The number of carbonyl (C=O) groups excluding carboxylic acids is 2. The highest BCUT2D eigenvalue weighted by atomic mass is 19.2. The Hall–Kier alpha value is -2.77. The molecule has 2 amide bonds. The Morgan fingerprint density at radius 1 is 1.21 bits per heavy atom. The number of rotatable bonds is 2. The first-order valence-corrected chi connectivity index (χ1v) is 7.27. The molecule has 1 atom stereocenters. The highest BCUT2D eigenvalue weighted by molar-refractivity contribution is 6.39. The predicted octanol–water partition coefficient (Wildman–Crippen LogP) is 3.00. The van der Waals surface area contributed by atoms with E-state index in [1.54, 1.807) is 12.1 Å². The quantitative estimate of drug-likeness (QED) is 0.676. The van der Waals surface area contributed by atoms with E-state index in [-0.39, 0.29) is 11.7 Å². The van der Waals surface area contributed by atoms with Gasteiger partial charge in [-0.05, 0) is 25.0 Å². The molecule has 1 aliphatic heterocycles. The Labute approximate surface area is 135 Å². The van der Waals surface area contributed by atoms with Gasteiger partial charge < -0.3 is 14.6 Å². The lowest BCUT2D eigenvalue weighted by molar-refractivity contribution is -0.144. The van der Waals surface area contributed by atoms with Crippen LogP contribution in [0.15, 0.2) is 34.9 Å². The molecule has 1 fully saturated rings. The zero-order valence-electron chi connectivity index (χ0n) is 12.4. The van der Waals surface area contributed by atoms with Crippen LogP contribution in [-0.4, -0.2) is 23.3 Å². The van der Waals surface area contributed by atoms with Crippen molar-refractivity contribution in [3.63, 3.8) is 0 Å². The molecule has 1 aliphatic rings. The van der Waals surface area contributed by atoms with Crippen molar-refractivity contribution in [3.05, 3.63) is 53.7 Å². The molecule has 126 valence electrons. The first-order valence-electron chi connectivity index (χ1n) is 7.27. The predicted molar refractivity (Wildman–Crippen MR) is 77.3 cm³/mol. The fourth-order valence-corrected chi connectivity index (χ4v) is 2.73. The fourth-order valence-electron chi connectivity index (χ4n) is 2.73. The van der Waals surface area contributed by atoms with Gasteiger partial charge in [-0.15, -0.1) is 0 Å². The molecular formula is C16H13F3N2O3. The van der Waals surface area contributed by atoms with Crippen LogP contribution in [0.1, 0.15) is 24.6 Å². The van der Waals surface area contributed by atoms with E-state index in [0.29, 0.717) is 37.3 Å². The van der Waals surface area contributed by atoms with E-state index in [9.17, 15) is 22.8 Å². The van der Waals surface area contributed by atoms with Gasteiger partial charge in [0, 0.05) is 24.4 Å². The second-order valence-electron chi connectivity index (χ2n) is 5.38. The Morgan fingerprint density at radius 2 is 1.92 bits per heavy atom. The standard InChI is InChI=1S/C16H13F3N2O3/c17-10-7-9(8-11(18)14(10)19)20-15(22)16(23)21-5-1-3-12(21)13-4-2-6-24-13/h2,4,6-8,12H,1,3,5H2,(H,20,22)/t12-/m0/s1. The minimum absolute atomic E-state index is 0.335. The van der Waals surface area contributed by atoms with Crippen LogP contribution in [0.25, 0.3) is 0 Å². The third-order valence-electron chi connectivity index (χ3n) is 3.82. The monoisotopic (exact) mass is 338 g/mol. The van der Waals surface area contributed by atoms with Crippen LogP contribution in [-0.2, 0) is 9.59 Å². The van der Waals surface area contributed by atoms with Crippen molar-refractivity contribution >= 4 is 17.5 Å². The van der Waals surface area contributed by atoms with Crippen LogP contribution in [0.5, 0.6) is 0 Å². The first-order chi connectivity index (χ1) is 11.5. The largest absolute Gasteiger partial charge is 0.467 e. The SMILES string of the molecule is O=C(Nc1cc(F)c(F)c(F)c1)C(=O)N1CCC[C@H]1c1ccco1. The van der Waals surface area contributed by atoms with Crippen molar-refractivity contribution in [1.29, 1.82) is 0 Å². The summed E-state index contributed by atoms with van der Waals surface area (Å²) in [6.45, 7) is 0.365. The highest BCUT2D eigenvalue weighted by Gasteiger charge is 2.35. The third kappa shape index (κ3) is 2.99. The molecule has 3 rings (SSSR count). The first kappa shape index (κ1) is 16.1. The van der Waals surface area contributed by atoms with Crippen LogP contribution in [0, 0.1) is 17.5 Å². The van der Waals surface area contributed by atoms with Crippen molar-refractivity contribution in [1.82, 2.24) is 4.90 Å². The lowest BCUT2D eigenvalue weighted by Gasteiger charge is -2.22. The van der Waals surface area contributed by atoms with Gasteiger partial charge in [-0.1, -0.05) is 0 Å². The topological polar surface area (TPSA) is 62.6 Å². The normalized spacial score (nSPS) is 17.1. The minimum atomic E-state index is -1.64. The van der Waals surface area contributed by atoms with Gasteiger partial charge in [-0.25, -0.2) is 13.2 Å². The molecule has 0 spiro atoms. The lowest BCUT2D eigenvalue weighted by Crippen LogP contribution is -2.39. The van der Waals surface area contributed by atoms with E-state index in [2.05, 4.69) is 5.32 Å². The Balaban J connectivity index is 1.74. The maximum atomic E-state index is 13.2.